The Morgan fingerprint density at radius 1 is 0.941 bits per heavy atom. The highest BCUT2D eigenvalue weighted by atomic mass is 16.5. The van der Waals surface area contributed by atoms with Crippen molar-refractivity contribution in [2.75, 3.05) is 0 Å². The molecular weight excluding hydrogens is 208 g/mol. The Bertz CT molecular complexity index is 541. The topological polar surface area (TPSA) is 9.23 Å². The van der Waals surface area contributed by atoms with Gasteiger partial charge < -0.3 is 4.74 Å². The Morgan fingerprint density at radius 3 is 2.41 bits per heavy atom. The third kappa shape index (κ3) is 2.39. The molecule has 1 heteroatoms. The molecular formula is C16H16O. The zero-order valence-corrected chi connectivity index (χ0v) is 10.2. The van der Waals surface area contributed by atoms with Gasteiger partial charge >= 0.3 is 0 Å². The zero-order valence-electron chi connectivity index (χ0n) is 10.2. The van der Waals surface area contributed by atoms with Crippen LogP contribution in [0.1, 0.15) is 16.7 Å². The molecule has 0 N–H and O–H groups in total. The number of aryl methyl sites for hydroxylation is 1. The molecule has 0 radical (unpaired) electrons. The lowest BCUT2D eigenvalue weighted by atomic mass is 10.1. The fraction of sp³-hybridized carbons (Fsp3) is 0.125. The van der Waals surface area contributed by atoms with Gasteiger partial charge in [-0.15, -0.1) is 0 Å². The van der Waals surface area contributed by atoms with E-state index in [0.29, 0.717) is 0 Å². The van der Waals surface area contributed by atoms with E-state index in [2.05, 4.69) is 26.5 Å². The summed E-state index contributed by atoms with van der Waals surface area (Å²) in [6.07, 6.45) is 1.81. The molecule has 0 heterocycles. The minimum atomic E-state index is 0.844. The van der Waals surface area contributed by atoms with Crippen LogP contribution in [0.25, 0.3) is 6.08 Å². The van der Waals surface area contributed by atoms with Gasteiger partial charge in [-0.05, 0) is 37.1 Å². The van der Waals surface area contributed by atoms with E-state index in [9.17, 15) is 0 Å². The van der Waals surface area contributed by atoms with E-state index in [4.69, 9.17) is 4.74 Å². The van der Waals surface area contributed by atoms with Crippen molar-refractivity contribution < 1.29 is 4.74 Å². The fourth-order valence-electron chi connectivity index (χ4n) is 1.70. The van der Waals surface area contributed by atoms with Crippen LogP contribution < -0.4 is 4.74 Å². The number of benzene rings is 2. The zero-order chi connectivity index (χ0) is 12.3. The normalized spacial score (nSPS) is 10.0. The number of hydrogen-bond acceptors (Lipinski definition) is 1. The Labute approximate surface area is 102 Å². The standard InChI is InChI=1S/C16H16O/c1-4-14-9-5-6-10-16(14)17-15-11-7-8-12(2)13(15)3/h4-11H,1H2,2-3H3. The molecule has 2 aromatic rings. The Hall–Kier alpha value is -2.02. The highest BCUT2D eigenvalue weighted by Gasteiger charge is 2.05. The highest BCUT2D eigenvalue weighted by molar-refractivity contribution is 5.56. The molecule has 2 rings (SSSR count). The molecule has 86 valence electrons. The van der Waals surface area contributed by atoms with Gasteiger partial charge in [0.15, 0.2) is 0 Å². The van der Waals surface area contributed by atoms with Crippen molar-refractivity contribution in [3.63, 3.8) is 0 Å². The monoisotopic (exact) mass is 224 g/mol. The first kappa shape index (κ1) is 11.5. The number of rotatable bonds is 3. The summed E-state index contributed by atoms with van der Waals surface area (Å²) in [4.78, 5) is 0. The molecule has 0 fully saturated rings. The van der Waals surface area contributed by atoms with Gasteiger partial charge in [-0.25, -0.2) is 0 Å². The van der Waals surface area contributed by atoms with Gasteiger partial charge in [-0.2, -0.15) is 0 Å². The molecule has 0 aliphatic rings. The van der Waals surface area contributed by atoms with Gasteiger partial charge in [0.05, 0.1) is 0 Å². The summed E-state index contributed by atoms with van der Waals surface area (Å²) < 4.78 is 5.94. The van der Waals surface area contributed by atoms with Crippen LogP contribution in [0.4, 0.5) is 0 Å². The lowest BCUT2D eigenvalue weighted by molar-refractivity contribution is 0.477. The Balaban J connectivity index is 2.38. The summed E-state index contributed by atoms with van der Waals surface area (Å²) in [5.74, 6) is 1.75. The molecule has 0 amide bonds. The van der Waals surface area contributed by atoms with E-state index in [1.165, 1.54) is 11.1 Å². The maximum Gasteiger partial charge on any atom is 0.134 e. The molecule has 0 atom stereocenters. The van der Waals surface area contributed by atoms with Crippen LogP contribution in [0.3, 0.4) is 0 Å². The first-order valence-electron chi connectivity index (χ1n) is 5.68. The Kier molecular flexibility index (Phi) is 3.29. The van der Waals surface area contributed by atoms with Crippen molar-refractivity contribution in [1.82, 2.24) is 0 Å². The van der Waals surface area contributed by atoms with Gasteiger partial charge in [0.2, 0.25) is 0 Å². The lowest BCUT2D eigenvalue weighted by Gasteiger charge is -2.12. The lowest BCUT2D eigenvalue weighted by Crippen LogP contribution is -1.91. The third-order valence-corrected chi connectivity index (χ3v) is 2.91. The molecule has 0 aromatic heterocycles. The molecule has 1 nitrogen and oxygen atoms in total. The van der Waals surface area contributed by atoms with Crippen molar-refractivity contribution >= 4 is 6.08 Å². The van der Waals surface area contributed by atoms with E-state index >= 15 is 0 Å². The van der Waals surface area contributed by atoms with Crippen molar-refractivity contribution in [2.45, 2.75) is 13.8 Å². The van der Waals surface area contributed by atoms with Crippen molar-refractivity contribution in [1.29, 1.82) is 0 Å². The highest BCUT2D eigenvalue weighted by Crippen LogP contribution is 2.29. The van der Waals surface area contributed by atoms with E-state index in [1.54, 1.807) is 6.08 Å². The molecule has 0 aliphatic carbocycles. The quantitative estimate of drug-likeness (QED) is 0.731. The SMILES string of the molecule is C=Cc1ccccc1Oc1cccc(C)c1C. The largest absolute Gasteiger partial charge is 0.456 e. The minimum absolute atomic E-state index is 0.844. The van der Waals surface area contributed by atoms with Gasteiger partial charge in [0.25, 0.3) is 0 Å². The first-order valence-corrected chi connectivity index (χ1v) is 5.68. The smallest absolute Gasteiger partial charge is 0.134 e. The van der Waals surface area contributed by atoms with Gasteiger partial charge in [0.1, 0.15) is 11.5 Å². The van der Waals surface area contributed by atoms with E-state index < -0.39 is 0 Å². The molecule has 0 unspecified atom stereocenters. The van der Waals surface area contributed by atoms with E-state index in [1.807, 2.05) is 36.4 Å². The van der Waals surface area contributed by atoms with Crippen LogP contribution >= 0.6 is 0 Å². The average molecular weight is 224 g/mol. The van der Waals surface area contributed by atoms with Crippen molar-refractivity contribution in [3.8, 4) is 11.5 Å². The van der Waals surface area contributed by atoms with Crippen molar-refractivity contribution in [3.05, 3.63) is 65.7 Å². The van der Waals surface area contributed by atoms with Crippen LogP contribution in [0.2, 0.25) is 0 Å². The minimum Gasteiger partial charge on any atom is -0.456 e. The fourth-order valence-corrected chi connectivity index (χ4v) is 1.70. The van der Waals surface area contributed by atoms with Gasteiger partial charge in [-0.3, -0.25) is 0 Å². The second kappa shape index (κ2) is 4.88. The number of para-hydroxylation sites is 1. The van der Waals surface area contributed by atoms with Crippen LogP contribution in [0.15, 0.2) is 49.0 Å². The van der Waals surface area contributed by atoms with Crippen LogP contribution in [-0.4, -0.2) is 0 Å². The predicted octanol–water partition coefficient (Wildman–Crippen LogP) is 4.74. The van der Waals surface area contributed by atoms with Gasteiger partial charge in [0, 0.05) is 5.56 Å². The van der Waals surface area contributed by atoms with Crippen LogP contribution in [0, 0.1) is 13.8 Å². The van der Waals surface area contributed by atoms with E-state index in [-0.39, 0.29) is 0 Å². The molecule has 0 aliphatic heterocycles. The maximum absolute atomic E-state index is 5.94. The second-order valence-corrected chi connectivity index (χ2v) is 4.04. The molecule has 0 saturated carbocycles. The molecule has 0 spiro atoms. The van der Waals surface area contributed by atoms with Crippen LogP contribution in [0.5, 0.6) is 11.5 Å². The van der Waals surface area contributed by atoms with Gasteiger partial charge in [-0.1, -0.05) is 43.0 Å². The predicted molar refractivity (Wildman–Crippen MR) is 72.5 cm³/mol. The number of ether oxygens (including phenoxy) is 1. The van der Waals surface area contributed by atoms with Crippen LogP contribution in [-0.2, 0) is 0 Å². The number of hydrogen-bond donors (Lipinski definition) is 0. The molecule has 2 aromatic carbocycles. The summed E-state index contributed by atoms with van der Waals surface area (Å²) in [6, 6.07) is 14.0. The first-order chi connectivity index (χ1) is 8.22. The molecule has 17 heavy (non-hydrogen) atoms. The molecule has 0 bridgehead atoms. The summed E-state index contributed by atoms with van der Waals surface area (Å²) in [5, 5.41) is 0. The van der Waals surface area contributed by atoms with Crippen molar-refractivity contribution in [2.24, 2.45) is 0 Å². The third-order valence-electron chi connectivity index (χ3n) is 2.91. The summed E-state index contributed by atoms with van der Waals surface area (Å²) in [5.41, 5.74) is 3.42. The average Bonchev–Trinajstić information content (AvgIpc) is 2.35. The summed E-state index contributed by atoms with van der Waals surface area (Å²) in [7, 11) is 0. The second-order valence-electron chi connectivity index (χ2n) is 4.04. The summed E-state index contributed by atoms with van der Waals surface area (Å²) >= 11 is 0. The Morgan fingerprint density at radius 2 is 1.65 bits per heavy atom. The molecule has 0 saturated heterocycles. The van der Waals surface area contributed by atoms with E-state index in [0.717, 1.165) is 17.1 Å². The maximum atomic E-state index is 5.94. The summed E-state index contributed by atoms with van der Waals surface area (Å²) in [6.45, 7) is 7.95.